The van der Waals surface area contributed by atoms with Crippen molar-refractivity contribution >= 4 is 23.7 Å². The first-order chi connectivity index (χ1) is 10.5. The molecule has 0 atom stereocenters. The maximum Gasteiger partial charge on any atom is 0.367 e. The summed E-state index contributed by atoms with van der Waals surface area (Å²) in [6, 6.07) is 7.14. The van der Waals surface area contributed by atoms with Crippen LogP contribution < -0.4 is 5.73 Å². The van der Waals surface area contributed by atoms with Gasteiger partial charge in [-0.05, 0) is 12.1 Å². The van der Waals surface area contributed by atoms with Crippen molar-refractivity contribution in [1.29, 1.82) is 0 Å². The predicted molar refractivity (Wildman–Crippen MR) is 69.6 cm³/mol. The Hall–Kier alpha value is -3.42. The van der Waals surface area contributed by atoms with Crippen molar-refractivity contribution in [2.24, 2.45) is 5.73 Å². The summed E-state index contributed by atoms with van der Waals surface area (Å²) in [4.78, 5) is 51.6. The zero-order valence-corrected chi connectivity index (χ0v) is 10.9. The molecule has 0 spiro atoms. The average Bonchev–Trinajstić information content (AvgIpc) is 3.08. The summed E-state index contributed by atoms with van der Waals surface area (Å²) in [5, 5.41) is 0.365. The van der Waals surface area contributed by atoms with E-state index in [1.807, 2.05) is 0 Å². The Morgan fingerprint density at radius 1 is 1.09 bits per heavy atom. The van der Waals surface area contributed by atoms with E-state index in [-0.39, 0.29) is 22.5 Å². The van der Waals surface area contributed by atoms with Gasteiger partial charge in [-0.15, -0.1) is 0 Å². The van der Waals surface area contributed by atoms with Crippen LogP contribution in [0.3, 0.4) is 0 Å². The molecule has 0 bridgehead atoms. The molecule has 110 valence electrons. The fourth-order valence-corrected chi connectivity index (χ4v) is 1.96. The second kappa shape index (κ2) is 4.85. The predicted octanol–water partition coefficient (Wildman–Crippen LogP) is 0.747. The van der Waals surface area contributed by atoms with Gasteiger partial charge in [0.1, 0.15) is 11.8 Å². The highest BCUT2D eigenvalue weighted by molar-refractivity contribution is 6.21. The van der Waals surface area contributed by atoms with Crippen LogP contribution in [-0.4, -0.2) is 28.8 Å². The van der Waals surface area contributed by atoms with Gasteiger partial charge in [-0.2, -0.15) is 0 Å². The Morgan fingerprint density at radius 2 is 1.68 bits per heavy atom. The fraction of sp³-hybridized carbons (Fsp3) is 0. The molecule has 0 aliphatic carbocycles. The van der Waals surface area contributed by atoms with Crippen molar-refractivity contribution in [3.05, 3.63) is 59.0 Å². The number of amides is 3. The van der Waals surface area contributed by atoms with Crippen LogP contribution in [0.2, 0.25) is 0 Å². The van der Waals surface area contributed by atoms with Crippen molar-refractivity contribution in [3.8, 4) is 0 Å². The number of furan rings is 1. The zero-order valence-electron chi connectivity index (χ0n) is 10.9. The third-order valence-corrected chi connectivity index (χ3v) is 3.01. The van der Waals surface area contributed by atoms with E-state index in [0.29, 0.717) is 5.06 Å². The monoisotopic (exact) mass is 300 g/mol. The fourth-order valence-electron chi connectivity index (χ4n) is 1.96. The summed E-state index contributed by atoms with van der Waals surface area (Å²) in [6.45, 7) is 0. The smallest absolute Gasteiger partial charge is 0.367 e. The number of hydrogen-bond donors (Lipinski definition) is 1. The number of benzene rings is 1. The average molecular weight is 300 g/mol. The molecule has 2 aromatic rings. The van der Waals surface area contributed by atoms with E-state index in [2.05, 4.69) is 0 Å². The molecule has 8 nitrogen and oxygen atoms in total. The minimum Gasteiger partial charge on any atom is -0.458 e. The first kappa shape index (κ1) is 13.6. The van der Waals surface area contributed by atoms with Crippen LogP contribution in [0.25, 0.3) is 0 Å². The van der Waals surface area contributed by atoms with Crippen LogP contribution in [-0.2, 0) is 4.84 Å². The Labute approximate surface area is 123 Å². The minimum atomic E-state index is -1.02. The molecule has 1 aliphatic rings. The summed E-state index contributed by atoms with van der Waals surface area (Å²) in [5.41, 5.74) is 5.13. The molecule has 2 N–H and O–H groups in total. The molecule has 1 aliphatic heterocycles. The van der Waals surface area contributed by atoms with Gasteiger partial charge in [0.05, 0.1) is 11.1 Å². The van der Waals surface area contributed by atoms with Gasteiger partial charge in [0.2, 0.25) is 0 Å². The van der Waals surface area contributed by atoms with E-state index < -0.39 is 23.7 Å². The lowest BCUT2D eigenvalue weighted by Gasteiger charge is -2.11. The Balaban J connectivity index is 1.82. The molecule has 0 saturated carbocycles. The van der Waals surface area contributed by atoms with E-state index in [4.69, 9.17) is 15.0 Å². The van der Waals surface area contributed by atoms with Crippen LogP contribution >= 0.6 is 0 Å². The Morgan fingerprint density at radius 3 is 2.18 bits per heavy atom. The van der Waals surface area contributed by atoms with Crippen molar-refractivity contribution in [2.75, 3.05) is 0 Å². The van der Waals surface area contributed by atoms with Crippen LogP contribution in [0.5, 0.6) is 0 Å². The van der Waals surface area contributed by atoms with Gasteiger partial charge in [0.15, 0.2) is 5.76 Å². The molecule has 3 amide bonds. The molecule has 0 unspecified atom stereocenters. The topological polar surface area (TPSA) is 120 Å². The zero-order chi connectivity index (χ0) is 15.9. The Bertz CT molecular complexity index is 787. The number of carbonyl (C=O) groups is 4. The van der Waals surface area contributed by atoms with E-state index in [1.54, 1.807) is 12.1 Å². The summed E-state index contributed by atoms with van der Waals surface area (Å²) in [7, 11) is 0. The molecular weight excluding hydrogens is 292 g/mol. The van der Waals surface area contributed by atoms with Crippen molar-refractivity contribution in [3.63, 3.8) is 0 Å². The molecule has 1 aromatic heterocycles. The second-order valence-electron chi connectivity index (χ2n) is 4.39. The summed E-state index contributed by atoms with van der Waals surface area (Å²) >= 11 is 0. The standard InChI is InChI=1S/C14H8N2O6/c15-11(17)10-5-7(6-21-10)14(20)22-16-12(18)8-3-1-2-4-9(8)13(16)19/h1-6H,(H2,15,17). The van der Waals surface area contributed by atoms with Crippen molar-refractivity contribution in [2.45, 2.75) is 0 Å². The summed E-state index contributed by atoms with van der Waals surface area (Å²) < 4.78 is 4.76. The lowest BCUT2D eigenvalue weighted by Crippen LogP contribution is -2.32. The quantitative estimate of drug-likeness (QED) is 0.835. The summed E-state index contributed by atoms with van der Waals surface area (Å²) in [6.07, 6.45) is 0.945. The molecule has 0 saturated heterocycles. The van der Waals surface area contributed by atoms with E-state index in [0.717, 1.165) is 12.3 Å². The first-order valence-corrected chi connectivity index (χ1v) is 6.07. The van der Waals surface area contributed by atoms with Gasteiger partial charge in [-0.3, -0.25) is 14.4 Å². The molecule has 22 heavy (non-hydrogen) atoms. The van der Waals surface area contributed by atoms with E-state index >= 15 is 0 Å². The van der Waals surface area contributed by atoms with Gasteiger partial charge in [0.25, 0.3) is 17.7 Å². The molecular formula is C14H8N2O6. The lowest BCUT2D eigenvalue weighted by atomic mass is 10.1. The third kappa shape index (κ3) is 2.03. The SMILES string of the molecule is NC(=O)c1cc(C(=O)ON2C(=O)c3ccccc3C2=O)co1. The number of hydroxylamine groups is 2. The minimum absolute atomic E-state index is 0.144. The second-order valence-corrected chi connectivity index (χ2v) is 4.39. The van der Waals surface area contributed by atoms with E-state index in [9.17, 15) is 19.2 Å². The summed E-state index contributed by atoms with van der Waals surface area (Å²) in [5.74, 6) is -3.61. The number of nitrogens with zero attached hydrogens (tertiary/aromatic N) is 1. The number of nitrogens with two attached hydrogens (primary N) is 1. The highest BCUT2D eigenvalue weighted by Crippen LogP contribution is 2.23. The van der Waals surface area contributed by atoms with Gasteiger partial charge < -0.3 is 15.0 Å². The van der Waals surface area contributed by atoms with Gasteiger partial charge >= 0.3 is 5.97 Å². The van der Waals surface area contributed by atoms with Gasteiger partial charge in [-0.25, -0.2) is 4.79 Å². The molecule has 3 rings (SSSR count). The Kier molecular flexibility index (Phi) is 2.99. The van der Waals surface area contributed by atoms with Crippen LogP contribution in [0.1, 0.15) is 41.6 Å². The highest BCUT2D eigenvalue weighted by atomic mass is 16.7. The van der Waals surface area contributed by atoms with E-state index in [1.165, 1.54) is 12.1 Å². The molecule has 1 aromatic carbocycles. The number of fused-ring (bicyclic) bond motifs is 1. The van der Waals surface area contributed by atoms with Crippen molar-refractivity contribution in [1.82, 2.24) is 5.06 Å². The molecule has 8 heteroatoms. The van der Waals surface area contributed by atoms with Crippen LogP contribution in [0, 0.1) is 0 Å². The maximum atomic E-state index is 12.0. The van der Waals surface area contributed by atoms with Crippen LogP contribution in [0.4, 0.5) is 0 Å². The first-order valence-electron chi connectivity index (χ1n) is 6.07. The maximum absolute atomic E-state index is 12.0. The van der Waals surface area contributed by atoms with Crippen molar-refractivity contribution < 1.29 is 28.4 Å². The number of imide groups is 1. The lowest BCUT2D eigenvalue weighted by molar-refractivity contribution is -0.0585. The normalized spacial score (nSPS) is 13.2. The number of carbonyl (C=O) groups excluding carboxylic acids is 4. The van der Waals surface area contributed by atoms with Gasteiger partial charge in [-0.1, -0.05) is 17.2 Å². The van der Waals surface area contributed by atoms with Gasteiger partial charge in [0, 0.05) is 6.07 Å². The third-order valence-electron chi connectivity index (χ3n) is 3.01. The van der Waals surface area contributed by atoms with Crippen LogP contribution in [0.15, 0.2) is 41.0 Å². The number of rotatable bonds is 3. The largest absolute Gasteiger partial charge is 0.458 e. The molecule has 2 heterocycles. The molecule has 0 fully saturated rings. The highest BCUT2D eigenvalue weighted by Gasteiger charge is 2.39. The molecule has 0 radical (unpaired) electrons. The number of hydrogen-bond acceptors (Lipinski definition) is 6. The number of primary amides is 1.